The molecule has 1 saturated carbocycles. The van der Waals surface area contributed by atoms with Gasteiger partial charge >= 0.3 is 0 Å². The number of carbonyl (C=O) groups is 1. The van der Waals surface area contributed by atoms with Crippen LogP contribution in [0.4, 0.5) is 0 Å². The van der Waals surface area contributed by atoms with Gasteiger partial charge < -0.3 is 5.32 Å². The zero-order valence-corrected chi connectivity index (χ0v) is 11.9. The molecule has 1 aliphatic carbocycles. The number of hydrogen-bond acceptors (Lipinski definition) is 3. The summed E-state index contributed by atoms with van der Waals surface area (Å²) in [6.45, 7) is 2.05. The van der Waals surface area contributed by atoms with Crippen molar-refractivity contribution in [1.29, 1.82) is 0 Å². The van der Waals surface area contributed by atoms with Crippen LogP contribution in [0.15, 0.2) is 30.5 Å². The first-order valence-corrected chi connectivity index (χ1v) is 6.94. The molecule has 0 unspecified atom stereocenters. The molecule has 0 spiro atoms. The smallest absolute Gasteiger partial charge is 0.273 e. The predicted molar refractivity (Wildman–Crippen MR) is 76.1 cm³/mol. The Kier molecular flexibility index (Phi) is 3.22. The fourth-order valence-electron chi connectivity index (χ4n) is 2.24. The Morgan fingerprint density at radius 3 is 2.65 bits per heavy atom. The standard InChI is InChI=1S/C14H15ClN4O/c1-14(7-2-8-14)17-13(20)12-9-16-19(18-12)11-5-3-10(15)4-6-11/h3-6,9H,2,7-8H2,1H3,(H,17,20). The van der Waals surface area contributed by atoms with E-state index >= 15 is 0 Å². The van der Waals surface area contributed by atoms with Crippen molar-refractivity contribution in [3.8, 4) is 5.69 Å². The Balaban J connectivity index is 1.76. The molecule has 1 amide bonds. The third-order valence-corrected chi connectivity index (χ3v) is 3.91. The van der Waals surface area contributed by atoms with E-state index in [0.717, 1.165) is 24.9 Å². The average molecular weight is 291 g/mol. The molecule has 0 atom stereocenters. The van der Waals surface area contributed by atoms with Gasteiger partial charge in [0.1, 0.15) is 0 Å². The summed E-state index contributed by atoms with van der Waals surface area (Å²) >= 11 is 5.84. The molecule has 1 aromatic carbocycles. The van der Waals surface area contributed by atoms with E-state index in [9.17, 15) is 4.79 Å². The minimum Gasteiger partial charge on any atom is -0.345 e. The van der Waals surface area contributed by atoms with Gasteiger partial charge in [0.05, 0.1) is 11.9 Å². The van der Waals surface area contributed by atoms with Gasteiger partial charge in [0, 0.05) is 10.6 Å². The fraction of sp³-hybridized carbons (Fsp3) is 0.357. The topological polar surface area (TPSA) is 59.8 Å². The van der Waals surface area contributed by atoms with Crippen LogP contribution in [0.1, 0.15) is 36.7 Å². The molecule has 0 saturated heterocycles. The second-order valence-electron chi connectivity index (χ2n) is 5.36. The van der Waals surface area contributed by atoms with Gasteiger partial charge in [-0.05, 0) is 50.5 Å². The molecule has 5 nitrogen and oxygen atoms in total. The number of benzene rings is 1. The van der Waals surface area contributed by atoms with E-state index in [1.165, 1.54) is 11.0 Å². The molecule has 1 aromatic heterocycles. The molecule has 104 valence electrons. The van der Waals surface area contributed by atoms with Crippen LogP contribution in [-0.4, -0.2) is 26.4 Å². The van der Waals surface area contributed by atoms with Crippen molar-refractivity contribution in [2.24, 2.45) is 0 Å². The molecule has 3 rings (SSSR count). The van der Waals surface area contributed by atoms with Crippen molar-refractivity contribution in [3.63, 3.8) is 0 Å². The maximum absolute atomic E-state index is 12.1. The number of hydrogen-bond donors (Lipinski definition) is 1. The van der Waals surface area contributed by atoms with E-state index in [4.69, 9.17) is 11.6 Å². The quantitative estimate of drug-likeness (QED) is 0.945. The van der Waals surface area contributed by atoms with E-state index in [1.54, 1.807) is 24.3 Å². The van der Waals surface area contributed by atoms with Crippen LogP contribution < -0.4 is 5.32 Å². The summed E-state index contributed by atoms with van der Waals surface area (Å²) in [7, 11) is 0. The van der Waals surface area contributed by atoms with Crippen LogP contribution in [-0.2, 0) is 0 Å². The lowest BCUT2D eigenvalue weighted by Gasteiger charge is -2.38. The third kappa shape index (κ3) is 2.54. The zero-order chi connectivity index (χ0) is 14.2. The molecule has 1 N–H and O–H groups in total. The summed E-state index contributed by atoms with van der Waals surface area (Å²) in [4.78, 5) is 13.5. The van der Waals surface area contributed by atoms with E-state index in [0.29, 0.717) is 10.7 Å². The SMILES string of the molecule is CC1(NC(=O)c2cnn(-c3ccc(Cl)cc3)n2)CCC1. The second kappa shape index (κ2) is 4.90. The highest BCUT2D eigenvalue weighted by atomic mass is 35.5. The molecule has 1 fully saturated rings. The first-order valence-electron chi connectivity index (χ1n) is 6.57. The van der Waals surface area contributed by atoms with E-state index in [2.05, 4.69) is 22.4 Å². The molecule has 6 heteroatoms. The van der Waals surface area contributed by atoms with Crippen LogP contribution in [0.3, 0.4) is 0 Å². The molecule has 0 aliphatic heterocycles. The number of carbonyl (C=O) groups excluding carboxylic acids is 1. The molecular weight excluding hydrogens is 276 g/mol. The summed E-state index contributed by atoms with van der Waals surface area (Å²) in [5, 5.41) is 12.0. The van der Waals surface area contributed by atoms with Gasteiger partial charge in [-0.2, -0.15) is 9.90 Å². The van der Waals surface area contributed by atoms with Crippen molar-refractivity contribution in [2.75, 3.05) is 0 Å². The van der Waals surface area contributed by atoms with Crippen LogP contribution in [0, 0.1) is 0 Å². The molecule has 0 radical (unpaired) electrons. The highest BCUT2D eigenvalue weighted by molar-refractivity contribution is 6.30. The number of halogens is 1. The second-order valence-corrected chi connectivity index (χ2v) is 5.80. The molecule has 20 heavy (non-hydrogen) atoms. The number of nitrogens with one attached hydrogen (secondary N) is 1. The summed E-state index contributed by atoms with van der Waals surface area (Å²) < 4.78 is 0. The van der Waals surface area contributed by atoms with Crippen molar-refractivity contribution < 1.29 is 4.79 Å². The van der Waals surface area contributed by atoms with Crippen LogP contribution in [0.2, 0.25) is 5.02 Å². The van der Waals surface area contributed by atoms with E-state index < -0.39 is 0 Å². The Labute approximate surface area is 121 Å². The van der Waals surface area contributed by atoms with E-state index in [1.807, 2.05) is 0 Å². The number of aromatic nitrogens is 3. The Bertz CT molecular complexity index is 631. The highest BCUT2D eigenvalue weighted by Crippen LogP contribution is 2.31. The highest BCUT2D eigenvalue weighted by Gasteiger charge is 2.33. The summed E-state index contributed by atoms with van der Waals surface area (Å²) in [5.41, 5.74) is 1.01. The van der Waals surface area contributed by atoms with Gasteiger partial charge in [-0.1, -0.05) is 11.6 Å². The average Bonchev–Trinajstić information content (AvgIpc) is 2.87. The maximum Gasteiger partial charge on any atom is 0.273 e. The fourth-order valence-corrected chi connectivity index (χ4v) is 2.36. The predicted octanol–water partition coefficient (Wildman–Crippen LogP) is 2.59. The van der Waals surface area contributed by atoms with Gasteiger partial charge in [0.25, 0.3) is 5.91 Å². The van der Waals surface area contributed by atoms with Gasteiger partial charge in [-0.3, -0.25) is 4.79 Å². The van der Waals surface area contributed by atoms with Crippen molar-refractivity contribution in [3.05, 3.63) is 41.2 Å². The normalized spacial score (nSPS) is 16.5. The lowest BCUT2D eigenvalue weighted by Crippen LogP contribution is -2.51. The zero-order valence-electron chi connectivity index (χ0n) is 11.1. The number of nitrogens with zero attached hydrogens (tertiary/aromatic N) is 3. The van der Waals surface area contributed by atoms with Crippen LogP contribution >= 0.6 is 11.6 Å². The van der Waals surface area contributed by atoms with Crippen molar-refractivity contribution in [1.82, 2.24) is 20.3 Å². The summed E-state index contributed by atoms with van der Waals surface area (Å²) in [6.07, 6.45) is 4.67. The number of amides is 1. The van der Waals surface area contributed by atoms with Crippen LogP contribution in [0.5, 0.6) is 0 Å². The molecule has 2 aromatic rings. The third-order valence-electron chi connectivity index (χ3n) is 3.65. The van der Waals surface area contributed by atoms with Crippen LogP contribution in [0.25, 0.3) is 5.69 Å². The minimum absolute atomic E-state index is 0.0822. The summed E-state index contributed by atoms with van der Waals surface area (Å²) in [6, 6.07) is 7.12. The van der Waals surface area contributed by atoms with Gasteiger partial charge in [-0.15, -0.1) is 5.10 Å². The minimum atomic E-state index is -0.174. The molecule has 1 aliphatic rings. The first kappa shape index (κ1) is 13.1. The lowest BCUT2D eigenvalue weighted by molar-refractivity contribution is 0.0845. The van der Waals surface area contributed by atoms with Gasteiger partial charge in [0.2, 0.25) is 0 Å². The monoisotopic (exact) mass is 290 g/mol. The van der Waals surface area contributed by atoms with Crippen molar-refractivity contribution in [2.45, 2.75) is 31.7 Å². The lowest BCUT2D eigenvalue weighted by atomic mass is 9.78. The Morgan fingerprint density at radius 2 is 2.05 bits per heavy atom. The Morgan fingerprint density at radius 1 is 1.35 bits per heavy atom. The van der Waals surface area contributed by atoms with Gasteiger partial charge in [0.15, 0.2) is 5.69 Å². The Hall–Kier alpha value is -1.88. The van der Waals surface area contributed by atoms with Gasteiger partial charge in [-0.25, -0.2) is 0 Å². The molecular formula is C14H15ClN4O. The molecule has 0 bridgehead atoms. The summed E-state index contributed by atoms with van der Waals surface area (Å²) in [5.74, 6) is -0.174. The van der Waals surface area contributed by atoms with Crippen molar-refractivity contribution >= 4 is 17.5 Å². The largest absolute Gasteiger partial charge is 0.345 e. The van der Waals surface area contributed by atoms with E-state index in [-0.39, 0.29) is 11.4 Å². The maximum atomic E-state index is 12.1. The number of rotatable bonds is 3. The molecule has 1 heterocycles. The first-order chi connectivity index (χ1) is 9.56.